The van der Waals surface area contributed by atoms with Crippen LogP contribution in [0.15, 0.2) is 12.2 Å². The quantitative estimate of drug-likeness (QED) is 0.423. The molecule has 1 heterocycles. The largest absolute Gasteiger partial charge is 0.481 e. The number of hydrogen-bond acceptors (Lipinski definition) is 3. The first-order valence-corrected chi connectivity index (χ1v) is 6.79. The Kier molecular flexibility index (Phi) is 6.23. The van der Waals surface area contributed by atoms with Gasteiger partial charge in [0.15, 0.2) is 0 Å². The Hall–Kier alpha value is -0.770. The van der Waals surface area contributed by atoms with Crippen molar-refractivity contribution >= 4 is 24.0 Å². The number of unbranched alkanes of at least 4 members (excludes halogenated alkanes) is 1. The summed E-state index contributed by atoms with van der Waals surface area (Å²) in [5.74, 6) is 2.00. The topological polar surface area (TPSA) is 54.4 Å². The second kappa shape index (κ2) is 7.49. The highest BCUT2D eigenvalue weighted by molar-refractivity contribution is 7.99. The number of carbonyl (C=O) groups excluding carboxylic acids is 1. The van der Waals surface area contributed by atoms with Crippen LogP contribution in [0.4, 0.5) is 0 Å². The minimum Gasteiger partial charge on any atom is -0.481 e. The maximum atomic E-state index is 10.7. The number of thioether (sulfide) groups is 1. The van der Waals surface area contributed by atoms with Gasteiger partial charge in [0.25, 0.3) is 0 Å². The van der Waals surface area contributed by atoms with Gasteiger partial charge in [-0.1, -0.05) is 12.2 Å². The van der Waals surface area contributed by atoms with E-state index in [4.69, 9.17) is 5.11 Å². The van der Waals surface area contributed by atoms with Crippen molar-refractivity contribution in [2.45, 2.75) is 25.7 Å². The van der Waals surface area contributed by atoms with Gasteiger partial charge < -0.3 is 9.90 Å². The summed E-state index contributed by atoms with van der Waals surface area (Å²) < 4.78 is 0. The van der Waals surface area contributed by atoms with Crippen molar-refractivity contribution in [1.29, 1.82) is 0 Å². The zero-order valence-corrected chi connectivity index (χ0v) is 10.1. The standard InChI is InChI=1S/C12H18O3S/c13-7-11-9-16-8-10(11)5-3-1-2-4-6-12(14)15/h1,3,7,10-11H,2,4-6,8-9H2,(H,14,15)/t10-,11-/m0/s1. The van der Waals surface area contributed by atoms with Crippen LogP contribution in [0.2, 0.25) is 0 Å². The Morgan fingerprint density at radius 1 is 1.38 bits per heavy atom. The van der Waals surface area contributed by atoms with Crippen LogP contribution in [0.5, 0.6) is 0 Å². The fraction of sp³-hybridized carbons (Fsp3) is 0.667. The number of carboxylic acids is 1. The van der Waals surface area contributed by atoms with Gasteiger partial charge in [-0.15, -0.1) is 0 Å². The van der Waals surface area contributed by atoms with Gasteiger partial charge in [0, 0.05) is 18.1 Å². The number of carboxylic acid groups (broad SMARTS) is 1. The van der Waals surface area contributed by atoms with E-state index in [0.29, 0.717) is 12.3 Å². The normalized spacial score (nSPS) is 25.0. The van der Waals surface area contributed by atoms with E-state index in [-0.39, 0.29) is 12.3 Å². The smallest absolute Gasteiger partial charge is 0.303 e. The molecule has 0 aromatic rings. The number of aliphatic carboxylic acids is 1. The summed E-state index contributed by atoms with van der Waals surface area (Å²) in [6.45, 7) is 0. The molecule has 0 radical (unpaired) electrons. The van der Waals surface area contributed by atoms with Gasteiger partial charge in [-0.3, -0.25) is 4.79 Å². The van der Waals surface area contributed by atoms with Gasteiger partial charge in [-0.2, -0.15) is 11.8 Å². The highest BCUT2D eigenvalue weighted by Gasteiger charge is 2.25. The van der Waals surface area contributed by atoms with Gasteiger partial charge >= 0.3 is 5.97 Å². The predicted octanol–water partition coefficient (Wildman–Crippen LogP) is 2.37. The van der Waals surface area contributed by atoms with Crippen LogP contribution in [0.1, 0.15) is 25.7 Å². The Bertz CT molecular complexity index is 263. The van der Waals surface area contributed by atoms with E-state index in [1.165, 1.54) is 0 Å². The minimum absolute atomic E-state index is 0.216. The minimum atomic E-state index is -0.735. The Morgan fingerprint density at radius 3 is 2.88 bits per heavy atom. The van der Waals surface area contributed by atoms with E-state index in [2.05, 4.69) is 6.08 Å². The number of allylic oxidation sites excluding steroid dienone is 2. The number of hydrogen-bond donors (Lipinski definition) is 1. The van der Waals surface area contributed by atoms with Gasteiger partial charge in [0.1, 0.15) is 6.29 Å². The third-order valence-electron chi connectivity index (χ3n) is 2.79. The highest BCUT2D eigenvalue weighted by atomic mass is 32.2. The molecule has 1 saturated heterocycles. The zero-order valence-electron chi connectivity index (χ0n) is 9.30. The van der Waals surface area contributed by atoms with E-state index < -0.39 is 5.97 Å². The van der Waals surface area contributed by atoms with E-state index in [1.807, 2.05) is 17.8 Å². The summed E-state index contributed by atoms with van der Waals surface area (Å²) in [4.78, 5) is 21.0. The molecule has 2 atom stereocenters. The Labute approximate surface area is 100 Å². The average molecular weight is 242 g/mol. The summed E-state index contributed by atoms with van der Waals surface area (Å²) in [5.41, 5.74) is 0. The second-order valence-electron chi connectivity index (χ2n) is 4.09. The molecule has 1 fully saturated rings. The molecule has 3 nitrogen and oxygen atoms in total. The molecule has 1 rings (SSSR count). The first kappa shape index (κ1) is 13.3. The molecule has 90 valence electrons. The average Bonchev–Trinajstić information content (AvgIpc) is 2.70. The predicted molar refractivity (Wildman–Crippen MR) is 65.6 cm³/mol. The summed E-state index contributed by atoms with van der Waals surface area (Å²) >= 11 is 1.84. The van der Waals surface area contributed by atoms with Crippen LogP contribution >= 0.6 is 11.8 Å². The van der Waals surface area contributed by atoms with Gasteiger partial charge in [-0.05, 0) is 30.9 Å². The summed E-state index contributed by atoms with van der Waals surface area (Å²) in [6, 6.07) is 0. The van der Waals surface area contributed by atoms with Crippen LogP contribution in [0.3, 0.4) is 0 Å². The first-order valence-electron chi connectivity index (χ1n) is 5.64. The van der Waals surface area contributed by atoms with Crippen molar-refractivity contribution < 1.29 is 14.7 Å². The SMILES string of the molecule is O=C[C@H]1CSC[C@@H]1CC=CCCCC(=O)O. The van der Waals surface area contributed by atoms with Crippen molar-refractivity contribution in [3.63, 3.8) is 0 Å². The summed E-state index contributed by atoms with van der Waals surface area (Å²) in [6.07, 6.45) is 7.90. The molecule has 0 bridgehead atoms. The molecule has 0 aliphatic carbocycles. The fourth-order valence-electron chi connectivity index (χ4n) is 1.77. The monoisotopic (exact) mass is 242 g/mol. The Morgan fingerprint density at radius 2 is 2.19 bits per heavy atom. The molecule has 0 unspecified atom stereocenters. The molecule has 1 aliphatic heterocycles. The van der Waals surface area contributed by atoms with Gasteiger partial charge in [0.2, 0.25) is 0 Å². The molecule has 4 heteroatoms. The molecule has 0 aromatic carbocycles. The number of rotatable bonds is 7. The second-order valence-corrected chi connectivity index (χ2v) is 5.17. The molecule has 16 heavy (non-hydrogen) atoms. The Balaban J connectivity index is 2.11. The molecule has 0 aromatic heterocycles. The first-order chi connectivity index (χ1) is 7.74. The van der Waals surface area contributed by atoms with Crippen LogP contribution in [-0.2, 0) is 9.59 Å². The van der Waals surface area contributed by atoms with E-state index in [9.17, 15) is 9.59 Å². The lowest BCUT2D eigenvalue weighted by molar-refractivity contribution is -0.137. The molecule has 0 saturated carbocycles. The van der Waals surface area contributed by atoms with Crippen LogP contribution in [0.25, 0.3) is 0 Å². The maximum absolute atomic E-state index is 10.7. The van der Waals surface area contributed by atoms with Crippen molar-refractivity contribution in [1.82, 2.24) is 0 Å². The molecule has 0 amide bonds. The molecular weight excluding hydrogens is 224 g/mol. The van der Waals surface area contributed by atoms with Crippen LogP contribution in [0, 0.1) is 11.8 Å². The summed E-state index contributed by atoms with van der Waals surface area (Å²) in [5, 5.41) is 8.44. The molecule has 0 spiro atoms. The van der Waals surface area contributed by atoms with Gasteiger partial charge in [0.05, 0.1) is 0 Å². The lowest BCUT2D eigenvalue weighted by Crippen LogP contribution is -2.12. The number of carbonyl (C=O) groups is 2. The van der Waals surface area contributed by atoms with E-state index in [0.717, 1.165) is 30.6 Å². The number of aldehydes is 1. The van der Waals surface area contributed by atoms with E-state index >= 15 is 0 Å². The van der Waals surface area contributed by atoms with Crippen molar-refractivity contribution in [3.05, 3.63) is 12.2 Å². The third-order valence-corrected chi connectivity index (χ3v) is 4.07. The zero-order chi connectivity index (χ0) is 11.8. The molecular formula is C12H18O3S. The lowest BCUT2D eigenvalue weighted by Gasteiger charge is -2.09. The maximum Gasteiger partial charge on any atom is 0.303 e. The lowest BCUT2D eigenvalue weighted by atomic mass is 9.94. The highest BCUT2D eigenvalue weighted by Crippen LogP contribution is 2.31. The van der Waals surface area contributed by atoms with Crippen molar-refractivity contribution in [2.24, 2.45) is 11.8 Å². The van der Waals surface area contributed by atoms with Crippen molar-refractivity contribution in [2.75, 3.05) is 11.5 Å². The molecule has 1 aliphatic rings. The summed E-state index contributed by atoms with van der Waals surface area (Å²) in [7, 11) is 0. The van der Waals surface area contributed by atoms with Crippen molar-refractivity contribution in [3.8, 4) is 0 Å². The fourth-order valence-corrected chi connectivity index (χ4v) is 3.21. The third kappa shape index (κ3) is 4.84. The van der Waals surface area contributed by atoms with Crippen LogP contribution in [-0.4, -0.2) is 28.9 Å². The van der Waals surface area contributed by atoms with E-state index in [1.54, 1.807) is 0 Å². The van der Waals surface area contributed by atoms with Crippen LogP contribution < -0.4 is 0 Å². The van der Waals surface area contributed by atoms with Gasteiger partial charge in [-0.25, -0.2) is 0 Å². The molecule has 1 N–H and O–H groups in total.